The number of aliphatic hydroxyl groups excluding tert-OH is 1. The van der Waals surface area contributed by atoms with Crippen molar-refractivity contribution in [2.24, 2.45) is 0 Å². The minimum Gasteiger partial charge on any atom is -0.395 e. The fourth-order valence-corrected chi connectivity index (χ4v) is 3.39. The summed E-state index contributed by atoms with van der Waals surface area (Å²) in [5, 5.41) is 8.85. The monoisotopic (exact) mass is 283 g/mol. The second-order valence-electron chi connectivity index (χ2n) is 3.10. The zero-order valence-electron chi connectivity index (χ0n) is 8.52. The molecule has 0 fully saturated rings. The van der Waals surface area contributed by atoms with E-state index in [1.165, 1.54) is 19.2 Å². The normalized spacial score (nSPS) is 12.1. The van der Waals surface area contributed by atoms with Gasteiger partial charge in [0.2, 0.25) is 10.0 Å². The number of halogens is 2. The van der Waals surface area contributed by atoms with Gasteiger partial charge in [0, 0.05) is 13.6 Å². The first-order valence-corrected chi connectivity index (χ1v) is 6.62. The molecular weight excluding hydrogens is 273 g/mol. The van der Waals surface area contributed by atoms with E-state index in [4.69, 9.17) is 28.3 Å². The van der Waals surface area contributed by atoms with Gasteiger partial charge in [-0.25, -0.2) is 8.42 Å². The number of sulfonamides is 1. The Kier molecular flexibility index (Phi) is 4.58. The first-order chi connectivity index (χ1) is 7.41. The first-order valence-electron chi connectivity index (χ1n) is 4.42. The van der Waals surface area contributed by atoms with Crippen molar-refractivity contribution in [3.05, 3.63) is 28.2 Å². The lowest BCUT2D eigenvalue weighted by Gasteiger charge is -2.17. The van der Waals surface area contributed by atoms with Crippen LogP contribution in [0.3, 0.4) is 0 Å². The van der Waals surface area contributed by atoms with Gasteiger partial charge in [-0.05, 0) is 12.1 Å². The molecule has 0 aliphatic heterocycles. The molecule has 0 heterocycles. The number of aliphatic hydroxyl groups is 1. The molecule has 0 aromatic heterocycles. The topological polar surface area (TPSA) is 57.6 Å². The molecule has 0 amide bonds. The second-order valence-corrected chi connectivity index (χ2v) is 5.90. The Balaban J connectivity index is 3.27. The van der Waals surface area contributed by atoms with E-state index >= 15 is 0 Å². The highest BCUT2D eigenvalue weighted by Gasteiger charge is 2.25. The van der Waals surface area contributed by atoms with E-state index in [1.807, 2.05) is 0 Å². The molecule has 0 bridgehead atoms. The van der Waals surface area contributed by atoms with E-state index < -0.39 is 10.0 Å². The van der Waals surface area contributed by atoms with Crippen LogP contribution in [0.5, 0.6) is 0 Å². The standard InChI is InChI=1S/C9H11Cl2NO3S/c1-12(5-6-13)16(14,15)9-7(10)3-2-4-8(9)11/h2-4,13H,5-6H2,1H3. The molecule has 0 unspecified atom stereocenters. The lowest BCUT2D eigenvalue weighted by Crippen LogP contribution is -2.30. The average Bonchev–Trinajstić information content (AvgIpc) is 2.17. The number of hydrogen-bond donors (Lipinski definition) is 1. The number of likely N-dealkylation sites (N-methyl/N-ethyl adjacent to an activating group) is 1. The Bertz CT molecular complexity index is 455. The summed E-state index contributed by atoms with van der Waals surface area (Å²) >= 11 is 11.6. The molecule has 1 aromatic carbocycles. The third-order valence-electron chi connectivity index (χ3n) is 2.00. The third-order valence-corrected chi connectivity index (χ3v) is 4.82. The van der Waals surface area contributed by atoms with Crippen LogP contribution in [0.2, 0.25) is 10.0 Å². The Hall–Kier alpha value is -0.330. The first kappa shape index (κ1) is 13.7. The van der Waals surface area contributed by atoms with Gasteiger partial charge in [-0.1, -0.05) is 29.3 Å². The van der Waals surface area contributed by atoms with Crippen LogP contribution >= 0.6 is 23.2 Å². The summed E-state index contributed by atoms with van der Waals surface area (Å²) < 4.78 is 25.0. The van der Waals surface area contributed by atoms with Crippen LogP contribution in [-0.2, 0) is 10.0 Å². The van der Waals surface area contributed by atoms with Crippen LogP contribution in [-0.4, -0.2) is 38.0 Å². The molecule has 1 N–H and O–H groups in total. The van der Waals surface area contributed by atoms with Gasteiger partial charge in [-0.15, -0.1) is 0 Å². The van der Waals surface area contributed by atoms with Crippen LogP contribution in [0, 0.1) is 0 Å². The van der Waals surface area contributed by atoms with E-state index in [1.54, 1.807) is 6.07 Å². The molecule has 4 nitrogen and oxygen atoms in total. The number of nitrogens with zero attached hydrogens (tertiary/aromatic N) is 1. The van der Waals surface area contributed by atoms with E-state index in [-0.39, 0.29) is 28.1 Å². The highest BCUT2D eigenvalue weighted by Crippen LogP contribution is 2.30. The molecule has 0 radical (unpaired) electrons. The van der Waals surface area contributed by atoms with Gasteiger partial charge in [-0.2, -0.15) is 4.31 Å². The van der Waals surface area contributed by atoms with Gasteiger partial charge in [0.25, 0.3) is 0 Å². The minimum atomic E-state index is -3.75. The van der Waals surface area contributed by atoms with Crippen molar-refractivity contribution in [2.75, 3.05) is 20.2 Å². The van der Waals surface area contributed by atoms with Crippen molar-refractivity contribution in [3.63, 3.8) is 0 Å². The molecule has 16 heavy (non-hydrogen) atoms. The fourth-order valence-electron chi connectivity index (χ4n) is 1.15. The highest BCUT2D eigenvalue weighted by molar-refractivity contribution is 7.89. The molecule has 90 valence electrons. The van der Waals surface area contributed by atoms with E-state index in [9.17, 15) is 8.42 Å². The largest absolute Gasteiger partial charge is 0.395 e. The average molecular weight is 284 g/mol. The maximum atomic E-state index is 12.0. The Morgan fingerprint density at radius 1 is 1.31 bits per heavy atom. The van der Waals surface area contributed by atoms with Gasteiger partial charge in [0.05, 0.1) is 16.7 Å². The number of rotatable bonds is 4. The van der Waals surface area contributed by atoms with Gasteiger partial charge in [0.1, 0.15) is 4.90 Å². The van der Waals surface area contributed by atoms with Crippen molar-refractivity contribution in [3.8, 4) is 0 Å². The van der Waals surface area contributed by atoms with Gasteiger partial charge < -0.3 is 5.11 Å². The summed E-state index contributed by atoms with van der Waals surface area (Å²) in [5.41, 5.74) is 0. The minimum absolute atomic E-state index is 0.0100. The Morgan fingerprint density at radius 2 is 1.81 bits per heavy atom. The Morgan fingerprint density at radius 3 is 2.25 bits per heavy atom. The van der Waals surface area contributed by atoms with Gasteiger partial charge in [0.15, 0.2) is 0 Å². The summed E-state index contributed by atoms with van der Waals surface area (Å²) in [6.45, 7) is -0.276. The van der Waals surface area contributed by atoms with Crippen molar-refractivity contribution in [1.82, 2.24) is 4.31 Å². The summed E-state index contributed by atoms with van der Waals surface area (Å²) in [6, 6.07) is 4.47. The summed E-state index contributed by atoms with van der Waals surface area (Å²) in [5.74, 6) is 0. The van der Waals surface area contributed by atoms with Crippen LogP contribution in [0.4, 0.5) is 0 Å². The van der Waals surface area contributed by atoms with Gasteiger partial charge >= 0.3 is 0 Å². The molecule has 0 aliphatic rings. The molecule has 0 saturated heterocycles. The third kappa shape index (κ3) is 2.67. The van der Waals surface area contributed by atoms with Crippen LogP contribution in [0.15, 0.2) is 23.1 Å². The molecular formula is C9H11Cl2NO3S. The number of benzene rings is 1. The molecule has 0 saturated carbocycles. The fraction of sp³-hybridized carbons (Fsp3) is 0.333. The second kappa shape index (κ2) is 5.33. The molecule has 1 rings (SSSR count). The van der Waals surface area contributed by atoms with E-state index in [0.29, 0.717) is 0 Å². The lowest BCUT2D eigenvalue weighted by atomic mass is 10.4. The van der Waals surface area contributed by atoms with Crippen molar-refractivity contribution < 1.29 is 13.5 Å². The van der Waals surface area contributed by atoms with Crippen LogP contribution < -0.4 is 0 Å². The maximum Gasteiger partial charge on any atom is 0.245 e. The lowest BCUT2D eigenvalue weighted by molar-refractivity contribution is 0.266. The van der Waals surface area contributed by atoms with E-state index in [2.05, 4.69) is 0 Å². The van der Waals surface area contributed by atoms with Crippen LogP contribution in [0.1, 0.15) is 0 Å². The zero-order chi connectivity index (χ0) is 12.3. The van der Waals surface area contributed by atoms with Gasteiger partial charge in [-0.3, -0.25) is 0 Å². The SMILES string of the molecule is CN(CCO)S(=O)(=O)c1c(Cl)cccc1Cl. The van der Waals surface area contributed by atoms with E-state index in [0.717, 1.165) is 4.31 Å². The Labute approximate surface area is 104 Å². The maximum absolute atomic E-state index is 12.0. The van der Waals surface area contributed by atoms with Crippen molar-refractivity contribution in [2.45, 2.75) is 4.90 Å². The molecule has 0 aliphatic carbocycles. The molecule has 1 aromatic rings. The van der Waals surface area contributed by atoms with Crippen molar-refractivity contribution in [1.29, 1.82) is 0 Å². The summed E-state index contributed by atoms with van der Waals surface area (Å²) in [4.78, 5) is -0.130. The van der Waals surface area contributed by atoms with Crippen molar-refractivity contribution >= 4 is 33.2 Å². The predicted molar refractivity (Wildman–Crippen MR) is 63.4 cm³/mol. The zero-order valence-corrected chi connectivity index (χ0v) is 10.8. The highest BCUT2D eigenvalue weighted by atomic mass is 35.5. The molecule has 7 heteroatoms. The molecule has 0 atom stereocenters. The predicted octanol–water partition coefficient (Wildman–Crippen LogP) is 1.61. The smallest absolute Gasteiger partial charge is 0.245 e. The quantitative estimate of drug-likeness (QED) is 0.913. The summed E-state index contributed by atoms with van der Waals surface area (Å²) in [7, 11) is -2.40. The number of hydrogen-bond acceptors (Lipinski definition) is 3. The van der Waals surface area contributed by atoms with Crippen LogP contribution in [0.25, 0.3) is 0 Å². The molecule has 0 spiro atoms. The summed E-state index contributed by atoms with van der Waals surface area (Å²) in [6.07, 6.45) is 0.